The van der Waals surface area contributed by atoms with Crippen LogP contribution in [-0.4, -0.2) is 24.1 Å². The average molecular weight is 373 g/mol. The first-order valence-corrected chi connectivity index (χ1v) is 9.24. The zero-order chi connectivity index (χ0) is 18.7. The van der Waals surface area contributed by atoms with Crippen molar-refractivity contribution in [1.82, 2.24) is 14.5 Å². The molecule has 0 fully saturated rings. The second-order valence-corrected chi connectivity index (χ2v) is 7.44. The Morgan fingerprint density at radius 2 is 1.92 bits per heavy atom. The minimum absolute atomic E-state index is 0.0899. The Hall–Kier alpha value is -3.00. The van der Waals surface area contributed by atoms with Gasteiger partial charge in [0, 0.05) is 12.4 Å². The molecule has 0 unspecified atom stereocenters. The second-order valence-electron chi connectivity index (χ2n) is 5.75. The first kappa shape index (κ1) is 17.8. The van der Waals surface area contributed by atoms with Crippen molar-refractivity contribution in [3.8, 4) is 5.69 Å². The van der Waals surface area contributed by atoms with E-state index in [4.69, 9.17) is 0 Å². The summed E-state index contributed by atoms with van der Waals surface area (Å²) in [5.41, 5.74) is 1.83. The summed E-state index contributed by atoms with van der Waals surface area (Å²) < 4.78 is 42.1. The van der Waals surface area contributed by atoms with Crippen molar-refractivity contribution in [2.24, 2.45) is 0 Å². The van der Waals surface area contributed by atoms with Crippen LogP contribution < -0.4 is 4.72 Å². The van der Waals surface area contributed by atoms with Crippen molar-refractivity contribution in [2.75, 3.05) is 0 Å². The Kier molecular flexibility index (Phi) is 4.85. The van der Waals surface area contributed by atoms with Crippen LogP contribution in [0.5, 0.6) is 0 Å². The molecule has 1 aromatic heterocycles. The number of hydrogen-bond acceptors (Lipinski definition) is 4. The highest BCUT2D eigenvalue weighted by molar-refractivity contribution is 7.90. The molecule has 26 heavy (non-hydrogen) atoms. The summed E-state index contributed by atoms with van der Waals surface area (Å²) in [6.45, 7) is 1.91. The lowest BCUT2D eigenvalue weighted by atomic mass is 10.1. The van der Waals surface area contributed by atoms with Crippen LogP contribution in [0.1, 0.15) is 11.1 Å². The maximum Gasteiger partial charge on any atom is 0.264 e. The highest BCUT2D eigenvalue weighted by atomic mass is 32.2. The van der Waals surface area contributed by atoms with Gasteiger partial charge >= 0.3 is 0 Å². The molecule has 0 saturated carbocycles. The first-order valence-electron chi connectivity index (χ1n) is 7.76. The summed E-state index contributed by atoms with van der Waals surface area (Å²) in [6.07, 6.45) is 2.93. The molecule has 6 nitrogen and oxygen atoms in total. The van der Waals surface area contributed by atoms with E-state index in [2.05, 4.69) is 5.10 Å². The van der Waals surface area contributed by atoms with Crippen molar-refractivity contribution in [3.63, 3.8) is 0 Å². The molecular formula is C18H16FN3O3S. The minimum Gasteiger partial charge on any atom is -0.274 e. The lowest BCUT2D eigenvalue weighted by Gasteiger charge is -2.09. The molecule has 1 N–H and O–H groups in total. The number of carbonyl (C=O) groups is 1. The summed E-state index contributed by atoms with van der Waals surface area (Å²) >= 11 is 0. The maximum absolute atomic E-state index is 14.2. The van der Waals surface area contributed by atoms with Crippen molar-refractivity contribution in [1.29, 1.82) is 0 Å². The third kappa shape index (κ3) is 3.97. The van der Waals surface area contributed by atoms with Gasteiger partial charge in [0.1, 0.15) is 11.5 Å². The second kappa shape index (κ2) is 7.09. The van der Waals surface area contributed by atoms with Crippen LogP contribution in [0, 0.1) is 12.7 Å². The van der Waals surface area contributed by atoms with Crippen LogP contribution in [0.4, 0.5) is 4.39 Å². The molecule has 0 radical (unpaired) electrons. The zero-order valence-electron chi connectivity index (χ0n) is 13.9. The number of sulfonamides is 1. The van der Waals surface area contributed by atoms with Crippen molar-refractivity contribution in [2.45, 2.75) is 18.2 Å². The van der Waals surface area contributed by atoms with Gasteiger partial charge in [-0.05, 0) is 36.8 Å². The predicted molar refractivity (Wildman–Crippen MR) is 93.7 cm³/mol. The highest BCUT2D eigenvalue weighted by Gasteiger charge is 2.20. The van der Waals surface area contributed by atoms with Crippen molar-refractivity contribution in [3.05, 3.63) is 77.9 Å². The van der Waals surface area contributed by atoms with E-state index in [-0.39, 0.29) is 17.0 Å². The molecule has 0 aliphatic carbocycles. The number of benzene rings is 2. The van der Waals surface area contributed by atoms with E-state index in [0.29, 0.717) is 5.56 Å². The van der Waals surface area contributed by atoms with E-state index in [9.17, 15) is 17.6 Å². The number of aromatic nitrogens is 2. The smallest absolute Gasteiger partial charge is 0.264 e. The number of amides is 1. The molecule has 0 bridgehead atoms. The largest absolute Gasteiger partial charge is 0.274 e. The Morgan fingerprint density at radius 1 is 1.19 bits per heavy atom. The fourth-order valence-corrected chi connectivity index (χ4v) is 3.38. The summed E-state index contributed by atoms with van der Waals surface area (Å²) in [4.78, 5) is 11.7. The molecule has 1 amide bonds. The van der Waals surface area contributed by atoms with Crippen LogP contribution >= 0.6 is 0 Å². The predicted octanol–water partition coefficient (Wildman–Crippen LogP) is 2.37. The normalized spacial score (nSPS) is 11.3. The molecule has 134 valence electrons. The van der Waals surface area contributed by atoms with Gasteiger partial charge < -0.3 is 0 Å². The molecule has 8 heteroatoms. The van der Waals surface area contributed by atoms with Gasteiger partial charge in [-0.3, -0.25) is 4.79 Å². The number of nitrogens with one attached hydrogen (secondary N) is 1. The van der Waals surface area contributed by atoms with Crippen LogP contribution in [-0.2, 0) is 21.2 Å². The SMILES string of the molecule is Cc1ccc(CC(=O)NS(=O)(=O)c2ccc(-n3cccn3)c(F)c2)cc1. The number of rotatable bonds is 5. The van der Waals surface area contributed by atoms with Gasteiger partial charge in [0.2, 0.25) is 5.91 Å². The molecule has 0 aliphatic rings. The average Bonchev–Trinajstić information content (AvgIpc) is 3.10. The third-order valence-electron chi connectivity index (χ3n) is 3.71. The molecule has 1 heterocycles. The van der Waals surface area contributed by atoms with Crippen molar-refractivity contribution < 1.29 is 17.6 Å². The molecule has 0 saturated heterocycles. The van der Waals surface area contributed by atoms with Gasteiger partial charge in [0.25, 0.3) is 10.0 Å². The van der Waals surface area contributed by atoms with E-state index >= 15 is 0 Å². The quantitative estimate of drug-likeness (QED) is 0.744. The van der Waals surface area contributed by atoms with Crippen LogP contribution in [0.25, 0.3) is 5.69 Å². The van der Waals surface area contributed by atoms with Gasteiger partial charge in [-0.25, -0.2) is 22.2 Å². The summed E-state index contributed by atoms with van der Waals surface area (Å²) in [7, 11) is -4.17. The van der Waals surface area contributed by atoms with Gasteiger partial charge in [0.15, 0.2) is 0 Å². The molecule has 2 aromatic carbocycles. The van der Waals surface area contributed by atoms with Gasteiger partial charge in [-0.15, -0.1) is 0 Å². The number of hydrogen-bond donors (Lipinski definition) is 1. The summed E-state index contributed by atoms with van der Waals surface area (Å²) in [5, 5.41) is 3.90. The number of carbonyl (C=O) groups excluding carboxylic acids is 1. The van der Waals surface area contributed by atoms with Gasteiger partial charge in [0.05, 0.1) is 11.3 Å². The van der Waals surface area contributed by atoms with E-state index in [1.807, 2.05) is 23.8 Å². The lowest BCUT2D eigenvalue weighted by molar-refractivity contribution is -0.118. The Balaban J connectivity index is 1.76. The minimum atomic E-state index is -4.17. The van der Waals surface area contributed by atoms with Gasteiger partial charge in [-0.1, -0.05) is 29.8 Å². The monoisotopic (exact) mass is 373 g/mol. The topological polar surface area (TPSA) is 81.1 Å². The molecular weight excluding hydrogens is 357 g/mol. The number of nitrogens with zero attached hydrogens (tertiary/aromatic N) is 2. The first-order chi connectivity index (χ1) is 12.3. The number of halogens is 1. The van der Waals surface area contributed by atoms with E-state index in [1.165, 1.54) is 29.2 Å². The van der Waals surface area contributed by atoms with Gasteiger partial charge in [-0.2, -0.15) is 5.10 Å². The van der Waals surface area contributed by atoms with E-state index < -0.39 is 21.7 Å². The Morgan fingerprint density at radius 3 is 2.54 bits per heavy atom. The summed E-state index contributed by atoms with van der Waals surface area (Å²) in [5.74, 6) is -1.45. The standard InChI is InChI=1S/C18H16FN3O3S/c1-13-3-5-14(6-4-13)11-18(23)21-26(24,25)15-7-8-17(16(19)12-15)22-10-2-9-20-22/h2-10,12H,11H2,1H3,(H,21,23). The molecule has 3 aromatic rings. The highest BCUT2D eigenvalue weighted by Crippen LogP contribution is 2.18. The molecule has 0 atom stereocenters. The van der Waals surface area contributed by atoms with E-state index in [1.54, 1.807) is 18.2 Å². The van der Waals surface area contributed by atoms with Crippen LogP contribution in [0.15, 0.2) is 65.8 Å². The molecule has 0 aliphatic heterocycles. The molecule has 3 rings (SSSR count). The fourth-order valence-electron chi connectivity index (χ4n) is 2.39. The van der Waals surface area contributed by atoms with Crippen LogP contribution in [0.2, 0.25) is 0 Å². The van der Waals surface area contributed by atoms with Crippen molar-refractivity contribution >= 4 is 15.9 Å². The Bertz CT molecular complexity index is 1030. The Labute approximate surface area is 150 Å². The number of aryl methyl sites for hydroxylation is 1. The summed E-state index contributed by atoms with van der Waals surface area (Å²) in [6, 6.07) is 12.2. The maximum atomic E-state index is 14.2. The molecule has 0 spiro atoms. The van der Waals surface area contributed by atoms with Crippen LogP contribution in [0.3, 0.4) is 0 Å². The zero-order valence-corrected chi connectivity index (χ0v) is 14.7. The lowest BCUT2D eigenvalue weighted by Crippen LogP contribution is -2.31. The van der Waals surface area contributed by atoms with E-state index in [0.717, 1.165) is 11.6 Å². The third-order valence-corrected chi connectivity index (χ3v) is 5.09. The fraction of sp³-hybridized carbons (Fsp3) is 0.111.